The van der Waals surface area contributed by atoms with E-state index in [-0.39, 0.29) is 23.5 Å². The zero-order chi connectivity index (χ0) is 20.4. The van der Waals surface area contributed by atoms with E-state index >= 15 is 0 Å². The molecule has 1 aliphatic rings. The first-order valence-electron chi connectivity index (χ1n) is 9.43. The molecule has 0 spiro atoms. The van der Waals surface area contributed by atoms with E-state index in [2.05, 4.69) is 5.32 Å². The van der Waals surface area contributed by atoms with Crippen molar-refractivity contribution in [1.82, 2.24) is 5.32 Å². The van der Waals surface area contributed by atoms with Gasteiger partial charge in [-0.3, -0.25) is 9.59 Å². The maximum Gasteiger partial charge on any atom is 0.287 e. The summed E-state index contributed by atoms with van der Waals surface area (Å²) in [6, 6.07) is 15.9. The summed E-state index contributed by atoms with van der Waals surface area (Å²) in [5.74, 6) is 1.88. The predicted octanol–water partition coefficient (Wildman–Crippen LogP) is 4.41. The second-order valence-corrected chi connectivity index (χ2v) is 6.90. The first-order chi connectivity index (χ1) is 14.0. The highest BCUT2D eigenvalue weighted by Gasteiger charge is 2.18. The molecular formula is C23H21NO5. The number of benzene rings is 2. The second-order valence-electron chi connectivity index (χ2n) is 6.90. The molecule has 2 heterocycles. The van der Waals surface area contributed by atoms with Gasteiger partial charge in [0, 0.05) is 11.1 Å². The van der Waals surface area contributed by atoms with Crippen molar-refractivity contribution in [2.75, 3.05) is 13.2 Å². The van der Waals surface area contributed by atoms with Crippen LogP contribution in [0.25, 0.3) is 11.3 Å². The van der Waals surface area contributed by atoms with Gasteiger partial charge in [-0.2, -0.15) is 0 Å². The van der Waals surface area contributed by atoms with Gasteiger partial charge in [-0.1, -0.05) is 30.3 Å². The number of carbonyl (C=O) groups is 2. The van der Waals surface area contributed by atoms with Gasteiger partial charge in [0.1, 0.15) is 19.0 Å². The molecule has 1 atom stereocenters. The largest absolute Gasteiger partial charge is 0.486 e. The monoisotopic (exact) mass is 391 g/mol. The molecule has 0 aliphatic carbocycles. The number of carbonyl (C=O) groups excluding carboxylic acids is 2. The molecule has 29 heavy (non-hydrogen) atoms. The predicted molar refractivity (Wildman–Crippen MR) is 107 cm³/mol. The van der Waals surface area contributed by atoms with Crippen LogP contribution >= 0.6 is 0 Å². The normalized spacial score (nSPS) is 13.6. The fourth-order valence-electron chi connectivity index (χ4n) is 3.16. The van der Waals surface area contributed by atoms with Crippen LogP contribution < -0.4 is 14.8 Å². The van der Waals surface area contributed by atoms with Gasteiger partial charge in [0.15, 0.2) is 23.0 Å². The van der Waals surface area contributed by atoms with Crippen molar-refractivity contribution in [2.45, 2.75) is 19.9 Å². The molecule has 6 heteroatoms. The first kappa shape index (κ1) is 18.8. The van der Waals surface area contributed by atoms with Crippen LogP contribution in [0.3, 0.4) is 0 Å². The van der Waals surface area contributed by atoms with E-state index in [1.54, 1.807) is 36.4 Å². The molecule has 6 nitrogen and oxygen atoms in total. The van der Waals surface area contributed by atoms with E-state index in [0.717, 1.165) is 11.1 Å². The van der Waals surface area contributed by atoms with E-state index in [1.165, 1.54) is 6.92 Å². The summed E-state index contributed by atoms with van der Waals surface area (Å²) < 4.78 is 16.8. The Balaban J connectivity index is 1.45. The lowest BCUT2D eigenvalue weighted by Crippen LogP contribution is -2.26. The summed E-state index contributed by atoms with van der Waals surface area (Å²) in [6.45, 7) is 4.47. The summed E-state index contributed by atoms with van der Waals surface area (Å²) in [5.41, 5.74) is 2.34. The van der Waals surface area contributed by atoms with E-state index in [9.17, 15) is 9.59 Å². The van der Waals surface area contributed by atoms with Crippen molar-refractivity contribution in [2.24, 2.45) is 0 Å². The van der Waals surface area contributed by atoms with Crippen molar-refractivity contribution in [3.63, 3.8) is 0 Å². The Kier molecular flexibility index (Phi) is 5.08. The molecule has 0 radical (unpaired) electrons. The summed E-state index contributed by atoms with van der Waals surface area (Å²) >= 11 is 0. The summed E-state index contributed by atoms with van der Waals surface area (Å²) in [7, 11) is 0. The lowest BCUT2D eigenvalue weighted by molar-refractivity contribution is 0.0912. The summed E-state index contributed by atoms with van der Waals surface area (Å²) in [5, 5.41) is 2.93. The Labute approximate surface area is 168 Å². The number of rotatable bonds is 5. The molecule has 0 saturated carbocycles. The third-order valence-corrected chi connectivity index (χ3v) is 4.82. The van der Waals surface area contributed by atoms with Gasteiger partial charge < -0.3 is 19.2 Å². The standard InChI is InChI=1S/C23H21NO5/c1-14(18-7-8-20-22(13-18)28-12-11-27-20)24-23(26)21-10-9-19(29-21)17-5-3-16(4-6-17)15(2)25/h3-10,13-14H,11-12H2,1-2H3,(H,24,26). The molecule has 1 aliphatic heterocycles. The minimum absolute atomic E-state index is 0.00388. The number of hydrogen-bond acceptors (Lipinski definition) is 5. The Morgan fingerprint density at radius 1 is 0.931 bits per heavy atom. The number of Topliss-reactive ketones (excluding diaryl/α,β-unsaturated/α-hetero) is 1. The molecule has 2 aromatic carbocycles. The average Bonchev–Trinajstić information content (AvgIpc) is 3.24. The van der Waals surface area contributed by atoms with E-state index in [1.807, 2.05) is 25.1 Å². The van der Waals surface area contributed by atoms with Gasteiger partial charge in [-0.05, 0) is 43.7 Å². The van der Waals surface area contributed by atoms with Crippen LogP contribution in [0.15, 0.2) is 59.0 Å². The van der Waals surface area contributed by atoms with Crippen molar-refractivity contribution in [1.29, 1.82) is 0 Å². The van der Waals surface area contributed by atoms with Gasteiger partial charge in [0.05, 0.1) is 6.04 Å². The first-order valence-corrected chi connectivity index (χ1v) is 9.43. The van der Waals surface area contributed by atoms with Crippen molar-refractivity contribution in [3.8, 4) is 22.8 Å². The molecule has 0 bridgehead atoms. The lowest BCUT2D eigenvalue weighted by Gasteiger charge is -2.21. The second kappa shape index (κ2) is 7.83. The molecular weight excluding hydrogens is 370 g/mol. The van der Waals surface area contributed by atoms with Gasteiger partial charge in [-0.15, -0.1) is 0 Å². The quantitative estimate of drug-likeness (QED) is 0.652. The zero-order valence-corrected chi connectivity index (χ0v) is 16.2. The fraction of sp³-hybridized carbons (Fsp3) is 0.217. The van der Waals surface area contributed by atoms with Crippen LogP contribution in [-0.4, -0.2) is 24.9 Å². The van der Waals surface area contributed by atoms with Crippen LogP contribution in [0.1, 0.15) is 46.4 Å². The van der Waals surface area contributed by atoms with Crippen LogP contribution in [0, 0.1) is 0 Å². The number of ketones is 1. The number of amides is 1. The summed E-state index contributed by atoms with van der Waals surface area (Å²) in [4.78, 5) is 24.0. The smallest absolute Gasteiger partial charge is 0.287 e. The molecule has 1 aromatic heterocycles. The lowest BCUT2D eigenvalue weighted by atomic mass is 10.1. The van der Waals surface area contributed by atoms with E-state index in [0.29, 0.717) is 36.0 Å². The highest BCUT2D eigenvalue weighted by atomic mass is 16.6. The van der Waals surface area contributed by atoms with Crippen LogP contribution in [0.4, 0.5) is 0 Å². The van der Waals surface area contributed by atoms with Gasteiger partial charge >= 0.3 is 0 Å². The number of ether oxygens (including phenoxy) is 2. The van der Waals surface area contributed by atoms with Gasteiger partial charge in [0.2, 0.25) is 0 Å². The van der Waals surface area contributed by atoms with E-state index in [4.69, 9.17) is 13.9 Å². The molecule has 1 amide bonds. The molecule has 4 rings (SSSR count). The zero-order valence-electron chi connectivity index (χ0n) is 16.2. The Hall–Kier alpha value is -3.54. The summed E-state index contributed by atoms with van der Waals surface area (Å²) in [6.07, 6.45) is 0. The van der Waals surface area contributed by atoms with Gasteiger partial charge in [0.25, 0.3) is 5.91 Å². The van der Waals surface area contributed by atoms with Crippen LogP contribution in [0.5, 0.6) is 11.5 Å². The van der Waals surface area contributed by atoms with Crippen molar-refractivity contribution < 1.29 is 23.5 Å². The molecule has 148 valence electrons. The average molecular weight is 391 g/mol. The number of nitrogens with one attached hydrogen (secondary N) is 1. The number of hydrogen-bond donors (Lipinski definition) is 1. The van der Waals surface area contributed by atoms with E-state index < -0.39 is 0 Å². The highest BCUT2D eigenvalue weighted by molar-refractivity contribution is 5.94. The fourth-order valence-corrected chi connectivity index (χ4v) is 3.16. The maximum atomic E-state index is 12.6. The third kappa shape index (κ3) is 4.01. The number of fused-ring (bicyclic) bond motifs is 1. The third-order valence-electron chi connectivity index (χ3n) is 4.82. The molecule has 3 aromatic rings. The van der Waals surface area contributed by atoms with Crippen molar-refractivity contribution in [3.05, 3.63) is 71.5 Å². The maximum absolute atomic E-state index is 12.6. The van der Waals surface area contributed by atoms with Crippen molar-refractivity contribution >= 4 is 11.7 Å². The minimum Gasteiger partial charge on any atom is -0.486 e. The Morgan fingerprint density at radius 3 is 2.38 bits per heavy atom. The van der Waals surface area contributed by atoms with Crippen LogP contribution in [0.2, 0.25) is 0 Å². The molecule has 1 unspecified atom stereocenters. The number of furan rings is 1. The minimum atomic E-state index is -0.306. The Morgan fingerprint density at radius 2 is 1.66 bits per heavy atom. The molecule has 0 saturated heterocycles. The van der Waals surface area contributed by atoms with Gasteiger partial charge in [-0.25, -0.2) is 0 Å². The molecule has 0 fully saturated rings. The highest BCUT2D eigenvalue weighted by Crippen LogP contribution is 2.32. The van der Waals surface area contributed by atoms with Crippen LogP contribution in [-0.2, 0) is 0 Å². The Bertz CT molecular complexity index is 1050. The molecule has 1 N–H and O–H groups in total. The SMILES string of the molecule is CC(=O)c1ccc(-c2ccc(C(=O)NC(C)c3ccc4c(c3)OCCO4)o2)cc1. The topological polar surface area (TPSA) is 77.8 Å².